The monoisotopic (exact) mass is 830 g/mol. The summed E-state index contributed by atoms with van der Waals surface area (Å²) in [5.41, 5.74) is 10.2. The van der Waals surface area contributed by atoms with E-state index in [1.165, 1.54) is 78.8 Å². The molecule has 8 aromatic carbocycles. The van der Waals surface area contributed by atoms with Crippen LogP contribution in [0.3, 0.4) is 0 Å². The number of hydrogen-bond acceptors (Lipinski definition) is 5. The maximum Gasteiger partial charge on any atom is 0.160 e. The highest BCUT2D eigenvalue weighted by Crippen LogP contribution is 2.44. The lowest BCUT2D eigenvalue weighted by Gasteiger charge is -2.25. The molecule has 0 radical (unpaired) electrons. The fourth-order valence-electron chi connectivity index (χ4n) is 9.77. The molecule has 3 aromatic heterocycles. The molecule has 0 fully saturated rings. The van der Waals surface area contributed by atoms with Crippen LogP contribution in [0.1, 0.15) is 40.2 Å². The molecule has 13 rings (SSSR count). The summed E-state index contributed by atoms with van der Waals surface area (Å²) in [5.74, 6) is 2.09. The predicted molar refractivity (Wildman–Crippen MR) is 266 cm³/mol. The third-order valence-corrected chi connectivity index (χ3v) is 15.2. The molecule has 11 aromatic rings. The van der Waals surface area contributed by atoms with Gasteiger partial charge in [-0.1, -0.05) is 128 Å². The van der Waals surface area contributed by atoms with E-state index in [4.69, 9.17) is 9.98 Å². The molecule has 0 saturated heterocycles. The summed E-state index contributed by atoms with van der Waals surface area (Å²) in [6.45, 7) is 2.30. The first-order valence-electron chi connectivity index (χ1n) is 21.3. The molecule has 0 spiro atoms. The number of allylic oxidation sites excluding steroid dienone is 1. The second-order valence-electron chi connectivity index (χ2n) is 16.6. The molecule has 1 N–H and O–H groups in total. The van der Waals surface area contributed by atoms with E-state index in [0.717, 1.165) is 40.2 Å². The van der Waals surface area contributed by atoms with Crippen LogP contribution in [0.25, 0.3) is 85.7 Å². The SMILES string of the molecule is CC1C=Cc2c(sc3ccc(C4=NC(c5ccc(-n6c7ccccc7c7cc8ccccc8cc76)cc5-c5cccc6c5sc5ccccc56)=NC(c5ccccc5)N4)cc23)C1. The fraction of sp³-hybridized carbons (Fsp3) is 0.0714. The number of para-hydroxylation sites is 1. The highest BCUT2D eigenvalue weighted by Gasteiger charge is 2.26. The zero-order chi connectivity index (χ0) is 40.9. The van der Waals surface area contributed by atoms with Crippen molar-refractivity contribution in [3.05, 3.63) is 203 Å². The first kappa shape index (κ1) is 35.6. The van der Waals surface area contributed by atoms with Gasteiger partial charge in [-0.05, 0) is 100 Å². The third-order valence-electron chi connectivity index (χ3n) is 12.8. The number of aliphatic imine (C=N–C) groups is 2. The van der Waals surface area contributed by atoms with Gasteiger partial charge in [0, 0.05) is 68.3 Å². The summed E-state index contributed by atoms with van der Waals surface area (Å²) in [5, 5.41) is 12.5. The third kappa shape index (κ3) is 5.64. The first-order chi connectivity index (χ1) is 30.6. The number of benzene rings is 8. The van der Waals surface area contributed by atoms with Crippen molar-refractivity contribution in [2.45, 2.75) is 19.5 Å². The van der Waals surface area contributed by atoms with Gasteiger partial charge in [-0.3, -0.25) is 0 Å². The number of hydrogen-bond donors (Lipinski definition) is 1. The molecule has 0 bridgehead atoms. The molecule has 0 saturated carbocycles. The lowest BCUT2D eigenvalue weighted by Crippen LogP contribution is -2.33. The number of nitrogens with zero attached hydrogens (tertiary/aromatic N) is 3. The Morgan fingerprint density at radius 3 is 2.26 bits per heavy atom. The Morgan fingerprint density at radius 2 is 1.35 bits per heavy atom. The molecule has 6 heteroatoms. The zero-order valence-electron chi connectivity index (χ0n) is 33.8. The first-order valence-corrected chi connectivity index (χ1v) is 22.9. The van der Waals surface area contributed by atoms with Gasteiger partial charge in [-0.25, -0.2) is 9.98 Å². The van der Waals surface area contributed by atoms with Gasteiger partial charge in [0.15, 0.2) is 5.84 Å². The van der Waals surface area contributed by atoms with Crippen molar-refractivity contribution in [1.29, 1.82) is 0 Å². The van der Waals surface area contributed by atoms with Gasteiger partial charge in [-0.2, -0.15) is 0 Å². The Hall–Kier alpha value is -7.12. The Labute approximate surface area is 366 Å². The molecule has 294 valence electrons. The summed E-state index contributed by atoms with van der Waals surface area (Å²) >= 11 is 3.78. The van der Waals surface area contributed by atoms with Crippen molar-refractivity contribution >= 4 is 103 Å². The van der Waals surface area contributed by atoms with E-state index in [9.17, 15) is 0 Å². The van der Waals surface area contributed by atoms with E-state index in [1.54, 1.807) is 0 Å². The molecular weight excluding hydrogens is 793 g/mol. The molecule has 1 aliphatic carbocycles. The average molecular weight is 831 g/mol. The number of rotatable bonds is 5. The van der Waals surface area contributed by atoms with Gasteiger partial charge < -0.3 is 9.88 Å². The van der Waals surface area contributed by atoms with Crippen molar-refractivity contribution in [3.8, 4) is 16.8 Å². The molecule has 4 nitrogen and oxygen atoms in total. The van der Waals surface area contributed by atoms with Gasteiger partial charge in [0.2, 0.25) is 0 Å². The number of amidine groups is 2. The number of thiophene rings is 2. The minimum absolute atomic E-state index is 0.329. The predicted octanol–water partition coefficient (Wildman–Crippen LogP) is 14.9. The van der Waals surface area contributed by atoms with Gasteiger partial charge in [-0.15, -0.1) is 22.7 Å². The molecule has 2 unspecified atom stereocenters. The lowest BCUT2D eigenvalue weighted by molar-refractivity contribution is 0.674. The average Bonchev–Trinajstić information content (AvgIpc) is 3.99. The molecule has 2 aliphatic rings. The van der Waals surface area contributed by atoms with Crippen LogP contribution in [0.15, 0.2) is 186 Å². The van der Waals surface area contributed by atoms with Crippen LogP contribution in [0.2, 0.25) is 0 Å². The smallest absolute Gasteiger partial charge is 0.160 e. The second-order valence-corrected chi connectivity index (χ2v) is 18.8. The summed E-state index contributed by atoms with van der Waals surface area (Å²) in [4.78, 5) is 12.4. The van der Waals surface area contributed by atoms with Gasteiger partial charge >= 0.3 is 0 Å². The van der Waals surface area contributed by atoms with Gasteiger partial charge in [0.1, 0.15) is 12.0 Å². The van der Waals surface area contributed by atoms with Crippen LogP contribution in [0.5, 0.6) is 0 Å². The van der Waals surface area contributed by atoms with E-state index in [2.05, 4.69) is 199 Å². The number of aromatic nitrogens is 1. The van der Waals surface area contributed by atoms with Crippen molar-refractivity contribution in [2.75, 3.05) is 0 Å². The van der Waals surface area contributed by atoms with Crippen molar-refractivity contribution in [1.82, 2.24) is 9.88 Å². The van der Waals surface area contributed by atoms with Crippen LogP contribution in [0.4, 0.5) is 0 Å². The molecule has 0 amide bonds. The van der Waals surface area contributed by atoms with Crippen molar-refractivity contribution < 1.29 is 0 Å². The summed E-state index contributed by atoms with van der Waals surface area (Å²) in [6, 6.07) is 61.9. The minimum Gasteiger partial charge on any atom is -0.344 e. The van der Waals surface area contributed by atoms with Crippen LogP contribution in [-0.2, 0) is 6.42 Å². The summed E-state index contributed by atoms with van der Waals surface area (Å²) in [7, 11) is 0. The molecule has 4 heterocycles. The fourth-order valence-corrected chi connectivity index (χ4v) is 12.3. The Kier molecular flexibility index (Phi) is 8.02. The Balaban J connectivity index is 1.06. The molecule has 2 atom stereocenters. The summed E-state index contributed by atoms with van der Waals surface area (Å²) < 4.78 is 6.29. The van der Waals surface area contributed by atoms with Gasteiger partial charge in [0.05, 0.1) is 11.0 Å². The molecule has 1 aliphatic heterocycles. The Bertz CT molecular complexity index is 3730. The maximum absolute atomic E-state index is 5.49. The van der Waals surface area contributed by atoms with Gasteiger partial charge in [0.25, 0.3) is 0 Å². The van der Waals surface area contributed by atoms with Crippen LogP contribution in [0, 0.1) is 5.92 Å². The van der Waals surface area contributed by atoms with E-state index in [1.807, 2.05) is 22.7 Å². The van der Waals surface area contributed by atoms with Crippen LogP contribution >= 0.6 is 22.7 Å². The van der Waals surface area contributed by atoms with Crippen molar-refractivity contribution in [2.24, 2.45) is 15.9 Å². The summed E-state index contributed by atoms with van der Waals surface area (Å²) in [6.07, 6.45) is 5.43. The second kappa shape index (κ2) is 14.0. The number of nitrogens with one attached hydrogen (secondary N) is 1. The zero-order valence-corrected chi connectivity index (χ0v) is 35.5. The molecule has 62 heavy (non-hydrogen) atoms. The molecular formula is C56H38N4S2. The van der Waals surface area contributed by atoms with Crippen molar-refractivity contribution in [3.63, 3.8) is 0 Å². The topological polar surface area (TPSA) is 41.7 Å². The largest absolute Gasteiger partial charge is 0.344 e. The van der Waals surface area contributed by atoms with E-state index in [-0.39, 0.29) is 6.17 Å². The standard InChI is InChI=1S/C56H38N4S2/c1-33-22-25-41-47-30-37(23-27-51(47)61-52(41)28-33)55-57-54(34-12-3-2-4-13-34)58-56(59-55)44-26-24-38(32-45(44)43-19-11-18-42-40-17-8-10-21-50(40)62-53(42)43)60-48-20-9-7-16-39(48)46-29-35-14-5-6-15-36(35)31-49(46)60/h2-27,29-33,54H,28H2,1H3,(H,57,58,59). The normalized spacial score (nSPS) is 16.3. The number of fused-ring (bicyclic) bond motifs is 10. The quantitative estimate of drug-likeness (QED) is 0.184. The van der Waals surface area contributed by atoms with E-state index >= 15 is 0 Å². The highest BCUT2D eigenvalue weighted by molar-refractivity contribution is 7.26. The van der Waals surface area contributed by atoms with Crippen LogP contribution < -0.4 is 5.32 Å². The minimum atomic E-state index is -0.329. The van der Waals surface area contributed by atoms with E-state index in [0.29, 0.717) is 11.8 Å². The van der Waals surface area contributed by atoms with E-state index < -0.39 is 0 Å². The Morgan fingerprint density at radius 1 is 0.581 bits per heavy atom. The van der Waals surface area contributed by atoms with Crippen LogP contribution in [-0.4, -0.2) is 16.2 Å². The maximum atomic E-state index is 5.49. The highest BCUT2D eigenvalue weighted by atomic mass is 32.1. The lowest BCUT2D eigenvalue weighted by atomic mass is 9.95.